The number of hydrogen-bond acceptors (Lipinski definition) is 6. The van der Waals surface area contributed by atoms with Gasteiger partial charge in [0.25, 0.3) is 0 Å². The minimum Gasteiger partial charge on any atom is -0.493 e. The lowest BCUT2D eigenvalue weighted by atomic mass is 9.84. The minimum atomic E-state index is -0.299. The number of Topliss-reactive ketones (excluding diaryl/α,β-unsaturated/α-hetero) is 1. The van der Waals surface area contributed by atoms with E-state index in [1.54, 1.807) is 18.1 Å². The van der Waals surface area contributed by atoms with Crippen LogP contribution >= 0.6 is 17.0 Å². The number of carbonyl (C=O) groups excluding carboxylic acids is 1. The molecule has 0 saturated heterocycles. The van der Waals surface area contributed by atoms with E-state index in [4.69, 9.17) is 25.1 Å². The van der Waals surface area contributed by atoms with Crippen molar-refractivity contribution in [1.82, 2.24) is 9.88 Å². The minimum absolute atomic E-state index is 0. The molecule has 1 aliphatic carbocycles. The number of ether oxygens (including phenoxy) is 2. The van der Waals surface area contributed by atoms with Crippen LogP contribution in [0.4, 0.5) is 0 Å². The molecule has 0 spiro atoms. The van der Waals surface area contributed by atoms with E-state index in [9.17, 15) is 4.79 Å². The number of nitrogens with zero attached hydrogens (tertiary/aromatic N) is 3. The lowest BCUT2D eigenvalue weighted by Gasteiger charge is -2.25. The molecule has 1 fully saturated rings. The van der Waals surface area contributed by atoms with Crippen molar-refractivity contribution in [3.8, 4) is 17.6 Å². The largest absolute Gasteiger partial charge is 0.493 e. The van der Waals surface area contributed by atoms with Gasteiger partial charge in [0.15, 0.2) is 23.9 Å². The zero-order chi connectivity index (χ0) is 23.0. The summed E-state index contributed by atoms with van der Waals surface area (Å²) < 4.78 is 11.1. The van der Waals surface area contributed by atoms with Crippen molar-refractivity contribution < 1.29 is 14.3 Å². The third kappa shape index (κ3) is 5.03. The number of benzene rings is 1. The highest BCUT2D eigenvalue weighted by Gasteiger charge is 2.32. The van der Waals surface area contributed by atoms with Gasteiger partial charge in [-0.2, -0.15) is 5.26 Å². The second-order valence-electron chi connectivity index (χ2n) is 9.40. The summed E-state index contributed by atoms with van der Waals surface area (Å²) in [6, 6.07) is 9.50. The van der Waals surface area contributed by atoms with Crippen LogP contribution in [0.5, 0.6) is 11.5 Å². The van der Waals surface area contributed by atoms with Crippen LogP contribution < -0.4 is 9.47 Å². The van der Waals surface area contributed by atoms with Crippen LogP contribution in [-0.4, -0.2) is 41.8 Å². The summed E-state index contributed by atoms with van der Waals surface area (Å²) in [4.78, 5) is 19.7. The van der Waals surface area contributed by atoms with E-state index in [1.165, 1.54) is 0 Å². The first-order valence-corrected chi connectivity index (χ1v) is 10.8. The van der Waals surface area contributed by atoms with E-state index in [-0.39, 0.29) is 41.3 Å². The van der Waals surface area contributed by atoms with Crippen LogP contribution in [-0.2, 0) is 12.0 Å². The van der Waals surface area contributed by atoms with Crippen molar-refractivity contribution in [2.45, 2.75) is 51.5 Å². The molecule has 1 aromatic carbocycles. The molecular weight excluding hydrogens is 484 g/mol. The summed E-state index contributed by atoms with van der Waals surface area (Å²) in [6.07, 6.45) is 2.32. The molecule has 0 unspecified atom stereocenters. The zero-order valence-electron chi connectivity index (χ0n) is 19.4. The number of aromatic nitrogens is 1. The average molecular weight is 513 g/mol. The van der Waals surface area contributed by atoms with Gasteiger partial charge in [0.2, 0.25) is 0 Å². The van der Waals surface area contributed by atoms with E-state index in [1.807, 2.05) is 45.0 Å². The van der Waals surface area contributed by atoms with Crippen molar-refractivity contribution in [3.05, 3.63) is 52.3 Å². The van der Waals surface area contributed by atoms with Gasteiger partial charge in [-0.1, -0.05) is 26.8 Å². The van der Waals surface area contributed by atoms with E-state index in [0.29, 0.717) is 41.1 Å². The number of amidine groups is 1. The standard InChI is InChI=1S/C25H28N4O3.BrH/c1-25(2,3)18-11-17(12-21(23(18)31-4)32-10-9-26)20(30)14-29-13-16-7-8-19(15-5-6-15)28-22(16)24(29)27;/h7-8,11-12,15,27H,5-6,10,13-14H2,1-4H3;1H. The Morgan fingerprint density at radius 2 is 2.03 bits per heavy atom. The van der Waals surface area contributed by atoms with Gasteiger partial charge >= 0.3 is 0 Å². The smallest absolute Gasteiger partial charge is 0.182 e. The number of rotatable bonds is 7. The van der Waals surface area contributed by atoms with E-state index in [0.717, 1.165) is 29.7 Å². The van der Waals surface area contributed by atoms with Crippen LogP contribution in [0.25, 0.3) is 0 Å². The normalized spacial score (nSPS) is 14.9. The maximum atomic E-state index is 13.3. The van der Waals surface area contributed by atoms with Crippen molar-refractivity contribution in [2.75, 3.05) is 20.3 Å². The summed E-state index contributed by atoms with van der Waals surface area (Å²) in [6.45, 7) is 6.52. The number of fused-ring (bicyclic) bond motifs is 1. The summed E-state index contributed by atoms with van der Waals surface area (Å²) in [5.74, 6) is 1.59. The Kier molecular flexibility index (Phi) is 7.13. The molecule has 1 N–H and O–H groups in total. The molecule has 174 valence electrons. The SMILES string of the molecule is Br.COc1c(OCC#N)cc(C(=O)CN2Cc3ccc(C4CC4)nc3C2=N)cc1C(C)(C)C. The Hall–Kier alpha value is -2.92. The molecule has 2 aliphatic rings. The number of nitrogens with one attached hydrogen (secondary N) is 1. The molecule has 4 rings (SSSR count). The van der Waals surface area contributed by atoms with E-state index < -0.39 is 0 Å². The molecule has 1 aromatic heterocycles. The van der Waals surface area contributed by atoms with Crippen molar-refractivity contribution in [2.24, 2.45) is 0 Å². The fourth-order valence-corrected chi connectivity index (χ4v) is 4.02. The number of pyridine rings is 1. The van der Waals surface area contributed by atoms with Gasteiger partial charge in [0.05, 0.1) is 13.7 Å². The fourth-order valence-electron chi connectivity index (χ4n) is 4.02. The zero-order valence-corrected chi connectivity index (χ0v) is 21.1. The summed E-state index contributed by atoms with van der Waals surface area (Å²) in [7, 11) is 1.55. The highest BCUT2D eigenvalue weighted by molar-refractivity contribution is 8.93. The topological polar surface area (TPSA) is 99.3 Å². The second-order valence-corrected chi connectivity index (χ2v) is 9.40. The first kappa shape index (κ1) is 24.7. The van der Waals surface area contributed by atoms with E-state index >= 15 is 0 Å². The Bertz CT molecular complexity index is 1130. The van der Waals surface area contributed by atoms with Crippen molar-refractivity contribution in [3.63, 3.8) is 0 Å². The Morgan fingerprint density at radius 3 is 2.64 bits per heavy atom. The lowest BCUT2D eigenvalue weighted by molar-refractivity contribution is 0.0962. The maximum absolute atomic E-state index is 13.3. The van der Waals surface area contributed by atoms with Crippen LogP contribution in [0.1, 0.15) is 72.4 Å². The Morgan fingerprint density at radius 1 is 1.30 bits per heavy atom. The molecule has 0 bridgehead atoms. The molecule has 1 saturated carbocycles. The number of nitriles is 1. The van der Waals surface area contributed by atoms with Gasteiger partial charge < -0.3 is 14.4 Å². The van der Waals surface area contributed by atoms with Gasteiger partial charge in [-0.3, -0.25) is 10.2 Å². The van der Waals surface area contributed by atoms with Gasteiger partial charge in [0.1, 0.15) is 17.6 Å². The molecule has 1 aliphatic heterocycles. The monoisotopic (exact) mass is 512 g/mol. The first-order chi connectivity index (χ1) is 15.2. The quantitative estimate of drug-likeness (QED) is 0.536. The van der Waals surface area contributed by atoms with Crippen molar-refractivity contribution >= 4 is 28.6 Å². The maximum Gasteiger partial charge on any atom is 0.182 e. The molecule has 0 radical (unpaired) electrons. The summed E-state index contributed by atoms with van der Waals surface area (Å²) in [5, 5.41) is 17.5. The third-order valence-corrected chi connectivity index (χ3v) is 5.91. The highest BCUT2D eigenvalue weighted by atomic mass is 79.9. The summed E-state index contributed by atoms with van der Waals surface area (Å²) >= 11 is 0. The van der Waals surface area contributed by atoms with Crippen LogP contribution in [0, 0.1) is 16.7 Å². The fraction of sp³-hybridized carbons (Fsp3) is 0.440. The van der Waals surface area contributed by atoms with Gasteiger partial charge in [-0.15, -0.1) is 17.0 Å². The molecule has 0 amide bonds. The number of ketones is 1. The molecular formula is C25H29BrN4O3. The number of hydrogen-bond donors (Lipinski definition) is 1. The average Bonchev–Trinajstić information content (AvgIpc) is 3.56. The number of methoxy groups -OCH3 is 1. The van der Waals surface area contributed by atoms with Gasteiger partial charge in [-0.05, 0) is 36.5 Å². The van der Waals surface area contributed by atoms with Crippen molar-refractivity contribution in [1.29, 1.82) is 10.7 Å². The predicted octanol–water partition coefficient (Wildman–Crippen LogP) is 4.77. The first-order valence-electron chi connectivity index (χ1n) is 10.8. The van der Waals surface area contributed by atoms with Crippen LogP contribution in [0.2, 0.25) is 0 Å². The predicted molar refractivity (Wildman–Crippen MR) is 131 cm³/mol. The highest BCUT2D eigenvalue weighted by Crippen LogP contribution is 2.41. The second kappa shape index (κ2) is 9.52. The lowest BCUT2D eigenvalue weighted by Crippen LogP contribution is -2.30. The molecule has 8 heteroatoms. The van der Waals surface area contributed by atoms with E-state index in [2.05, 4.69) is 0 Å². The molecule has 2 heterocycles. The molecule has 7 nitrogen and oxygen atoms in total. The number of carbonyl (C=O) groups is 1. The molecule has 33 heavy (non-hydrogen) atoms. The third-order valence-electron chi connectivity index (χ3n) is 5.91. The number of halogens is 1. The molecule has 2 aromatic rings. The molecule has 0 atom stereocenters. The van der Waals surface area contributed by atoms with Gasteiger partial charge in [-0.25, -0.2) is 4.98 Å². The Balaban J connectivity index is 0.00000306. The Labute approximate surface area is 205 Å². The summed E-state index contributed by atoms with van der Waals surface area (Å²) in [5.41, 5.74) is 3.71. The van der Waals surface area contributed by atoms with Crippen LogP contribution in [0.3, 0.4) is 0 Å². The van der Waals surface area contributed by atoms with Gasteiger partial charge in [0, 0.05) is 34.8 Å². The van der Waals surface area contributed by atoms with Crippen LogP contribution in [0.15, 0.2) is 24.3 Å².